The summed E-state index contributed by atoms with van der Waals surface area (Å²) < 4.78 is 34.3. The minimum absolute atomic E-state index is 0.0229. The maximum atomic E-state index is 13.1. The quantitative estimate of drug-likeness (QED) is 0.152. The summed E-state index contributed by atoms with van der Waals surface area (Å²) in [6.45, 7) is 8.46. The molecule has 49 heavy (non-hydrogen) atoms. The highest BCUT2D eigenvalue weighted by Gasteiger charge is 2.35. The molecule has 1 saturated heterocycles. The number of aryl methyl sites for hydroxylation is 1. The van der Waals surface area contributed by atoms with Gasteiger partial charge >= 0.3 is 6.09 Å². The van der Waals surface area contributed by atoms with Crippen LogP contribution in [-0.2, 0) is 36.8 Å². The number of benzene rings is 3. The maximum Gasteiger partial charge on any atom is 0.410 e. The Hall–Kier alpha value is -4.12. The van der Waals surface area contributed by atoms with Crippen molar-refractivity contribution in [2.75, 3.05) is 59.1 Å². The third-order valence-electron chi connectivity index (χ3n) is 8.19. The van der Waals surface area contributed by atoms with Crippen molar-refractivity contribution in [1.82, 2.24) is 4.90 Å². The van der Waals surface area contributed by atoms with Gasteiger partial charge in [0, 0.05) is 43.9 Å². The lowest BCUT2D eigenvalue weighted by Gasteiger charge is -2.39. The molecule has 10 nitrogen and oxygen atoms in total. The lowest BCUT2D eigenvalue weighted by Crippen LogP contribution is -2.49. The van der Waals surface area contributed by atoms with Gasteiger partial charge in [-0.2, -0.15) is 0 Å². The molecule has 3 aromatic carbocycles. The Bertz CT molecular complexity index is 1460. The van der Waals surface area contributed by atoms with Crippen LogP contribution in [0.4, 0.5) is 10.5 Å². The zero-order valence-electron chi connectivity index (χ0n) is 29.6. The molecule has 0 aromatic heterocycles. The Morgan fingerprint density at radius 1 is 0.878 bits per heavy atom. The van der Waals surface area contributed by atoms with Gasteiger partial charge in [-0.3, -0.25) is 4.79 Å². The minimum atomic E-state index is -0.613. The smallest absolute Gasteiger partial charge is 0.410 e. The highest BCUT2D eigenvalue weighted by molar-refractivity contribution is 5.92. The lowest BCUT2D eigenvalue weighted by molar-refractivity contribution is -0.124. The second kappa shape index (κ2) is 19.2. The summed E-state index contributed by atoms with van der Waals surface area (Å²) >= 11 is 0. The largest absolute Gasteiger partial charge is 0.496 e. The summed E-state index contributed by atoms with van der Waals surface area (Å²) in [5.74, 6) is 1.31. The number of likely N-dealkylation sites (tertiary alicyclic amines) is 1. The molecule has 0 aliphatic carbocycles. The highest BCUT2D eigenvalue weighted by atomic mass is 16.6. The Balaban J connectivity index is 1.32. The summed E-state index contributed by atoms with van der Waals surface area (Å²) in [5, 5.41) is 3.01. The van der Waals surface area contributed by atoms with Gasteiger partial charge in [0.1, 0.15) is 23.7 Å². The van der Waals surface area contributed by atoms with E-state index in [2.05, 4.69) is 5.32 Å². The van der Waals surface area contributed by atoms with Crippen molar-refractivity contribution in [3.05, 3.63) is 89.5 Å². The first-order valence-corrected chi connectivity index (χ1v) is 17.1. The summed E-state index contributed by atoms with van der Waals surface area (Å²) in [4.78, 5) is 27.7. The topological polar surface area (TPSA) is 105 Å². The molecule has 266 valence electrons. The van der Waals surface area contributed by atoms with E-state index in [4.69, 9.17) is 28.4 Å². The molecule has 1 fully saturated rings. The van der Waals surface area contributed by atoms with Gasteiger partial charge in [0.15, 0.2) is 0 Å². The number of rotatable bonds is 17. The number of nitrogens with zero attached hydrogens (tertiary/aromatic N) is 1. The molecule has 2 amide bonds. The van der Waals surface area contributed by atoms with Gasteiger partial charge in [0.05, 0.1) is 39.6 Å². The average molecular weight is 677 g/mol. The van der Waals surface area contributed by atoms with Crippen molar-refractivity contribution in [2.24, 2.45) is 0 Å². The normalized spacial score (nSPS) is 16.2. The van der Waals surface area contributed by atoms with Crippen LogP contribution < -0.4 is 14.8 Å². The first-order chi connectivity index (χ1) is 23.7. The number of hydrogen-bond donors (Lipinski definition) is 1. The standard InChI is InChI=1S/C39H52N2O8/c1-39(2,3)49-38(43)41-22-21-33(36(26-41)48-28-37(42)40-34-15-8-6-12-30(34)14-10-23-44-4)29-17-19-32(20-18-29)47-25-11-24-46-27-31-13-7-9-16-35(31)45-5/h6-9,12-13,15-20,33,36H,10-11,14,21-28H2,1-5H3,(H,40,42). The number of piperidine rings is 1. The van der Waals surface area contributed by atoms with Crippen molar-refractivity contribution in [2.45, 2.75) is 70.7 Å². The predicted molar refractivity (Wildman–Crippen MR) is 189 cm³/mol. The number of ether oxygens (including phenoxy) is 6. The molecule has 1 aliphatic rings. The Morgan fingerprint density at radius 3 is 2.35 bits per heavy atom. The zero-order valence-corrected chi connectivity index (χ0v) is 29.6. The van der Waals surface area contributed by atoms with Crippen LogP contribution in [0.25, 0.3) is 0 Å². The minimum Gasteiger partial charge on any atom is -0.496 e. The van der Waals surface area contributed by atoms with Crippen LogP contribution in [0, 0.1) is 0 Å². The highest BCUT2D eigenvalue weighted by Crippen LogP contribution is 2.32. The van der Waals surface area contributed by atoms with Crippen LogP contribution in [0.1, 0.15) is 62.6 Å². The molecule has 0 spiro atoms. The van der Waals surface area contributed by atoms with Crippen LogP contribution in [0.15, 0.2) is 72.8 Å². The summed E-state index contributed by atoms with van der Waals surface area (Å²) in [6, 6.07) is 23.6. The van der Waals surface area contributed by atoms with Crippen molar-refractivity contribution in [3.63, 3.8) is 0 Å². The van der Waals surface area contributed by atoms with Gasteiger partial charge in [0.2, 0.25) is 5.91 Å². The molecule has 0 saturated carbocycles. The lowest BCUT2D eigenvalue weighted by atomic mass is 9.87. The third kappa shape index (κ3) is 12.4. The summed E-state index contributed by atoms with van der Waals surface area (Å²) in [6.07, 6.45) is 2.26. The van der Waals surface area contributed by atoms with Crippen LogP contribution in [0.2, 0.25) is 0 Å². The van der Waals surface area contributed by atoms with E-state index in [9.17, 15) is 9.59 Å². The number of carbonyl (C=O) groups excluding carboxylic acids is 2. The Morgan fingerprint density at radius 2 is 1.61 bits per heavy atom. The van der Waals surface area contributed by atoms with Gasteiger partial charge in [0.25, 0.3) is 0 Å². The number of anilines is 1. The zero-order chi connectivity index (χ0) is 35.1. The van der Waals surface area contributed by atoms with E-state index in [1.165, 1.54) is 0 Å². The number of methoxy groups -OCH3 is 2. The SMILES string of the molecule is COCCCc1ccccc1NC(=O)COC1CN(C(=O)OC(C)(C)C)CCC1c1ccc(OCCCOCc2ccccc2OC)cc1. The number of nitrogens with one attached hydrogen (secondary N) is 1. The van der Waals surface area contributed by atoms with E-state index in [0.717, 1.165) is 53.1 Å². The first-order valence-electron chi connectivity index (χ1n) is 17.1. The van der Waals surface area contributed by atoms with Crippen molar-refractivity contribution in [1.29, 1.82) is 0 Å². The number of hydrogen-bond acceptors (Lipinski definition) is 8. The van der Waals surface area contributed by atoms with Gasteiger partial charge in [-0.25, -0.2) is 4.79 Å². The van der Waals surface area contributed by atoms with Crippen molar-refractivity contribution >= 4 is 17.7 Å². The third-order valence-corrected chi connectivity index (χ3v) is 8.19. The molecule has 1 heterocycles. The Labute approximate surface area is 291 Å². The van der Waals surface area contributed by atoms with Gasteiger partial charge in [-0.1, -0.05) is 48.5 Å². The van der Waals surface area contributed by atoms with E-state index in [0.29, 0.717) is 45.9 Å². The van der Waals surface area contributed by atoms with Gasteiger partial charge in [-0.05, 0) is 75.4 Å². The van der Waals surface area contributed by atoms with E-state index in [1.807, 2.05) is 93.6 Å². The fourth-order valence-corrected chi connectivity index (χ4v) is 5.76. The summed E-state index contributed by atoms with van der Waals surface area (Å²) in [5.41, 5.74) is 3.27. The van der Waals surface area contributed by atoms with Gasteiger partial charge < -0.3 is 38.6 Å². The van der Waals surface area contributed by atoms with E-state index in [1.54, 1.807) is 19.1 Å². The summed E-state index contributed by atoms with van der Waals surface area (Å²) in [7, 11) is 3.34. The molecule has 1 N–H and O–H groups in total. The monoisotopic (exact) mass is 676 g/mol. The first kappa shape index (κ1) is 37.7. The second-order valence-corrected chi connectivity index (χ2v) is 13.1. The fraction of sp³-hybridized carbons (Fsp3) is 0.487. The van der Waals surface area contributed by atoms with Crippen molar-refractivity contribution < 1.29 is 38.0 Å². The van der Waals surface area contributed by atoms with Crippen LogP contribution in [0.3, 0.4) is 0 Å². The molecule has 2 unspecified atom stereocenters. The number of para-hydroxylation sites is 2. The average Bonchev–Trinajstić information content (AvgIpc) is 3.09. The predicted octanol–water partition coefficient (Wildman–Crippen LogP) is 7.01. The van der Waals surface area contributed by atoms with E-state index >= 15 is 0 Å². The van der Waals surface area contributed by atoms with E-state index < -0.39 is 11.7 Å². The molecule has 2 atom stereocenters. The molecule has 3 aromatic rings. The van der Waals surface area contributed by atoms with Gasteiger partial charge in [-0.15, -0.1) is 0 Å². The molecule has 10 heteroatoms. The van der Waals surface area contributed by atoms with Crippen LogP contribution in [0.5, 0.6) is 11.5 Å². The molecule has 1 aliphatic heterocycles. The number of amides is 2. The molecular weight excluding hydrogens is 624 g/mol. The molecule has 4 rings (SSSR count). The molecule has 0 radical (unpaired) electrons. The Kier molecular flexibility index (Phi) is 14.7. The second-order valence-electron chi connectivity index (χ2n) is 13.1. The number of carbonyl (C=O) groups is 2. The maximum absolute atomic E-state index is 13.1. The molecule has 0 bridgehead atoms. The molecular formula is C39H52N2O8. The van der Waals surface area contributed by atoms with Crippen molar-refractivity contribution in [3.8, 4) is 11.5 Å². The van der Waals surface area contributed by atoms with Crippen LogP contribution >= 0.6 is 0 Å². The van der Waals surface area contributed by atoms with Crippen LogP contribution in [-0.4, -0.2) is 82.3 Å². The fourth-order valence-electron chi connectivity index (χ4n) is 5.76. The van der Waals surface area contributed by atoms with E-state index in [-0.39, 0.29) is 24.5 Å².